The van der Waals surface area contributed by atoms with Crippen molar-refractivity contribution >= 4 is 5.91 Å². The van der Waals surface area contributed by atoms with E-state index in [9.17, 15) is 4.79 Å². The van der Waals surface area contributed by atoms with E-state index in [1.54, 1.807) is 0 Å². The van der Waals surface area contributed by atoms with Gasteiger partial charge < -0.3 is 19.7 Å². The summed E-state index contributed by atoms with van der Waals surface area (Å²) >= 11 is 0. The van der Waals surface area contributed by atoms with Gasteiger partial charge in [0.25, 0.3) is 0 Å². The highest BCUT2D eigenvalue weighted by Gasteiger charge is 2.39. The maximum atomic E-state index is 12.6. The summed E-state index contributed by atoms with van der Waals surface area (Å²) in [5, 5.41) is 7.79. The zero-order valence-corrected chi connectivity index (χ0v) is 14.7. The van der Waals surface area contributed by atoms with Crippen LogP contribution in [0.5, 0.6) is 0 Å². The minimum atomic E-state index is -0.389. The number of aryl methyl sites for hydroxylation is 3. The molecule has 134 valence electrons. The Balaban J connectivity index is 1.50. The number of rotatable bonds is 4. The predicted octanol–water partition coefficient (Wildman–Crippen LogP) is 0.498. The molecule has 2 saturated heterocycles. The van der Waals surface area contributed by atoms with Crippen LogP contribution < -0.4 is 5.32 Å². The lowest BCUT2D eigenvalue weighted by Crippen LogP contribution is -2.59. The minimum Gasteiger partial charge on any atom is -0.377 e. The topological polar surface area (TPSA) is 68.6 Å². The second-order valence-corrected chi connectivity index (χ2v) is 6.83. The number of morpholine rings is 1. The highest BCUT2D eigenvalue weighted by atomic mass is 16.5. The molecule has 0 saturated carbocycles. The molecule has 2 aliphatic rings. The molecule has 24 heavy (non-hydrogen) atoms. The fraction of sp³-hybridized carbons (Fsp3) is 0.765. The summed E-state index contributed by atoms with van der Waals surface area (Å²) in [4.78, 5) is 14.5. The summed E-state index contributed by atoms with van der Waals surface area (Å²) in [7, 11) is 0. The summed E-state index contributed by atoms with van der Waals surface area (Å²) in [5.41, 5.74) is 1.78. The Hall–Kier alpha value is -1.44. The Kier molecular flexibility index (Phi) is 5.53. The van der Waals surface area contributed by atoms with Gasteiger partial charge >= 0.3 is 0 Å². The molecule has 0 radical (unpaired) electrons. The maximum absolute atomic E-state index is 12.6. The van der Waals surface area contributed by atoms with E-state index in [4.69, 9.17) is 9.47 Å². The number of aromatic nitrogens is 2. The van der Waals surface area contributed by atoms with Gasteiger partial charge in [-0.25, -0.2) is 0 Å². The Morgan fingerprint density at radius 1 is 1.42 bits per heavy atom. The average molecular weight is 336 g/mol. The zero-order valence-electron chi connectivity index (χ0n) is 14.7. The Labute approximate surface area is 143 Å². The van der Waals surface area contributed by atoms with Crippen LogP contribution in [-0.4, -0.2) is 72.2 Å². The van der Waals surface area contributed by atoms with E-state index < -0.39 is 0 Å². The third kappa shape index (κ3) is 4.15. The molecule has 1 aromatic heterocycles. The largest absolute Gasteiger partial charge is 0.377 e. The molecule has 1 atom stereocenters. The van der Waals surface area contributed by atoms with Crippen LogP contribution in [0.4, 0.5) is 0 Å². The fourth-order valence-electron chi connectivity index (χ4n) is 3.46. The summed E-state index contributed by atoms with van der Waals surface area (Å²) in [6.45, 7) is 9.50. The zero-order chi connectivity index (χ0) is 17.0. The van der Waals surface area contributed by atoms with Crippen molar-refractivity contribution in [2.45, 2.75) is 38.8 Å². The van der Waals surface area contributed by atoms with Crippen molar-refractivity contribution in [3.05, 3.63) is 17.5 Å². The average Bonchev–Trinajstić information content (AvgIpc) is 2.74. The highest BCUT2D eigenvalue weighted by Crippen LogP contribution is 2.20. The molecule has 3 rings (SSSR count). The molecule has 2 aliphatic heterocycles. The van der Waals surface area contributed by atoms with Gasteiger partial charge in [0, 0.05) is 38.3 Å². The minimum absolute atomic E-state index is 0.198. The van der Waals surface area contributed by atoms with Crippen LogP contribution in [0.3, 0.4) is 0 Å². The third-order valence-corrected chi connectivity index (χ3v) is 4.70. The molecular formula is C17H28N4O3. The van der Waals surface area contributed by atoms with E-state index in [1.165, 1.54) is 0 Å². The predicted molar refractivity (Wildman–Crippen MR) is 89.9 cm³/mol. The molecule has 0 unspecified atom stereocenters. The molecule has 1 N–H and O–H groups in total. The summed E-state index contributed by atoms with van der Waals surface area (Å²) in [6.07, 6.45) is 1.35. The smallest absolute Gasteiger partial charge is 0.222 e. The molecule has 0 aliphatic carbocycles. The molecule has 0 aromatic carbocycles. The van der Waals surface area contributed by atoms with Crippen LogP contribution in [0.2, 0.25) is 0 Å². The molecule has 0 bridgehead atoms. The number of carbonyl (C=O) groups excluding carboxylic acids is 1. The van der Waals surface area contributed by atoms with Crippen molar-refractivity contribution in [1.82, 2.24) is 20.0 Å². The normalized spacial score (nSPS) is 25.0. The van der Waals surface area contributed by atoms with Gasteiger partial charge in [-0.1, -0.05) is 0 Å². The van der Waals surface area contributed by atoms with Crippen LogP contribution in [0.15, 0.2) is 6.07 Å². The lowest BCUT2D eigenvalue weighted by atomic mass is 10.0. The number of hydrogen-bond acceptors (Lipinski definition) is 5. The second kappa shape index (κ2) is 7.63. The summed E-state index contributed by atoms with van der Waals surface area (Å²) < 4.78 is 13.6. The third-order valence-electron chi connectivity index (χ3n) is 4.70. The molecule has 7 nitrogen and oxygen atoms in total. The quantitative estimate of drug-likeness (QED) is 0.867. The van der Waals surface area contributed by atoms with E-state index in [0.717, 1.165) is 37.4 Å². The van der Waals surface area contributed by atoms with E-state index in [2.05, 4.69) is 16.5 Å². The number of amides is 1. The number of carbonyl (C=O) groups is 1. The summed E-state index contributed by atoms with van der Waals surface area (Å²) in [5.74, 6) is 0.198. The molecule has 1 amide bonds. The Morgan fingerprint density at radius 3 is 3.08 bits per heavy atom. The fourth-order valence-corrected chi connectivity index (χ4v) is 3.46. The summed E-state index contributed by atoms with van der Waals surface area (Å²) in [6, 6.07) is 2.06. The number of nitrogens with one attached hydrogen (secondary N) is 1. The maximum Gasteiger partial charge on any atom is 0.222 e. The van der Waals surface area contributed by atoms with Gasteiger partial charge in [0.2, 0.25) is 5.91 Å². The second-order valence-electron chi connectivity index (χ2n) is 6.83. The van der Waals surface area contributed by atoms with Crippen molar-refractivity contribution in [2.75, 3.05) is 46.0 Å². The Morgan fingerprint density at radius 2 is 2.29 bits per heavy atom. The first kappa shape index (κ1) is 17.4. The Bertz CT molecular complexity index is 564. The van der Waals surface area contributed by atoms with Crippen molar-refractivity contribution in [3.8, 4) is 0 Å². The molecule has 2 fully saturated rings. The van der Waals surface area contributed by atoms with Gasteiger partial charge in [-0.15, -0.1) is 0 Å². The lowest BCUT2D eigenvalue weighted by molar-refractivity contribution is -0.158. The first-order valence-corrected chi connectivity index (χ1v) is 8.79. The highest BCUT2D eigenvalue weighted by molar-refractivity contribution is 5.76. The van der Waals surface area contributed by atoms with Crippen molar-refractivity contribution < 1.29 is 14.3 Å². The van der Waals surface area contributed by atoms with E-state index in [-0.39, 0.29) is 11.5 Å². The SMILES string of the molecule is Cc1cc(C)n(CCCC(=O)N2CCO[C@@]3(CNCCOC3)C2)n1. The first-order valence-electron chi connectivity index (χ1n) is 8.79. The van der Waals surface area contributed by atoms with Gasteiger partial charge in [-0.05, 0) is 26.3 Å². The monoisotopic (exact) mass is 336 g/mol. The van der Waals surface area contributed by atoms with Crippen molar-refractivity contribution in [3.63, 3.8) is 0 Å². The van der Waals surface area contributed by atoms with Crippen LogP contribution in [0, 0.1) is 13.8 Å². The van der Waals surface area contributed by atoms with E-state index in [1.807, 2.05) is 23.4 Å². The molecule has 7 heteroatoms. The molecule has 1 aromatic rings. The number of hydrogen-bond donors (Lipinski definition) is 1. The van der Waals surface area contributed by atoms with E-state index >= 15 is 0 Å². The standard InChI is InChI=1S/C17H28N4O3/c1-14-10-15(2)21(19-14)6-3-4-16(22)20-7-9-24-17(12-20)11-18-5-8-23-13-17/h10,18H,3-9,11-13H2,1-2H3/t17-/m0/s1. The van der Waals surface area contributed by atoms with Crippen LogP contribution in [0.25, 0.3) is 0 Å². The van der Waals surface area contributed by atoms with Gasteiger partial charge in [0.15, 0.2) is 0 Å². The van der Waals surface area contributed by atoms with Crippen molar-refractivity contribution in [2.24, 2.45) is 0 Å². The van der Waals surface area contributed by atoms with Crippen LogP contribution in [0.1, 0.15) is 24.2 Å². The van der Waals surface area contributed by atoms with Crippen LogP contribution in [-0.2, 0) is 20.8 Å². The van der Waals surface area contributed by atoms with Gasteiger partial charge in [-0.3, -0.25) is 9.48 Å². The molecule has 1 spiro atoms. The lowest BCUT2D eigenvalue weighted by Gasteiger charge is -2.41. The van der Waals surface area contributed by atoms with Crippen molar-refractivity contribution in [1.29, 1.82) is 0 Å². The van der Waals surface area contributed by atoms with Gasteiger partial charge in [0.1, 0.15) is 5.60 Å². The number of ether oxygens (including phenoxy) is 2. The van der Waals surface area contributed by atoms with Gasteiger partial charge in [-0.2, -0.15) is 5.10 Å². The molecular weight excluding hydrogens is 308 g/mol. The molecule has 3 heterocycles. The van der Waals surface area contributed by atoms with E-state index in [0.29, 0.717) is 39.3 Å². The van der Waals surface area contributed by atoms with Gasteiger partial charge in [0.05, 0.1) is 32.1 Å². The first-order chi connectivity index (χ1) is 11.6. The number of nitrogens with zero attached hydrogens (tertiary/aromatic N) is 3. The van der Waals surface area contributed by atoms with Crippen LogP contribution >= 0.6 is 0 Å².